The summed E-state index contributed by atoms with van der Waals surface area (Å²) in [5.74, 6) is -1.41. The van der Waals surface area contributed by atoms with Crippen molar-refractivity contribution in [3.63, 3.8) is 0 Å². The summed E-state index contributed by atoms with van der Waals surface area (Å²) in [6.07, 6.45) is -4.02. The van der Waals surface area contributed by atoms with E-state index in [2.05, 4.69) is 14.8 Å². The number of alkyl carbamates (subject to hydrolysis) is 1. The Hall–Kier alpha value is -2.27. The maximum atomic E-state index is 12.4. The van der Waals surface area contributed by atoms with E-state index in [0.29, 0.717) is 0 Å². The monoisotopic (exact) mass is 399 g/mol. The highest BCUT2D eigenvalue weighted by molar-refractivity contribution is 5.67. The predicted octanol–water partition coefficient (Wildman–Crippen LogP) is 2.81. The lowest BCUT2D eigenvalue weighted by Crippen LogP contribution is -2.38. The standard InChI is InChI=1S/C16H21F4NO6/c1-16(2,3)27-15(24)21-7-9(22)12(23)8-4-5-10(25-13(17)18)11(6-8)26-14(19)20/h4-6,9,12-14,22-23H,7H2,1-3H3,(H,21,24). The van der Waals surface area contributed by atoms with Crippen LogP contribution < -0.4 is 14.8 Å². The molecule has 0 heterocycles. The summed E-state index contributed by atoms with van der Waals surface area (Å²) >= 11 is 0. The minimum atomic E-state index is -3.32. The summed E-state index contributed by atoms with van der Waals surface area (Å²) in [6, 6.07) is 2.79. The van der Waals surface area contributed by atoms with Gasteiger partial charge in [-0.1, -0.05) is 6.07 Å². The van der Waals surface area contributed by atoms with Gasteiger partial charge in [0.15, 0.2) is 11.5 Å². The number of nitrogens with one attached hydrogen (secondary N) is 1. The molecule has 154 valence electrons. The predicted molar refractivity (Wildman–Crippen MR) is 84.9 cm³/mol. The van der Waals surface area contributed by atoms with Crippen LogP contribution in [0.3, 0.4) is 0 Å². The van der Waals surface area contributed by atoms with Crippen molar-refractivity contribution in [1.82, 2.24) is 5.32 Å². The SMILES string of the molecule is CC(C)(C)OC(=O)NCC(O)C(O)c1ccc(OC(F)F)c(OC(F)F)c1. The van der Waals surface area contributed by atoms with Gasteiger partial charge in [-0.25, -0.2) is 4.79 Å². The molecule has 1 amide bonds. The molecule has 1 aromatic carbocycles. The summed E-state index contributed by atoms with van der Waals surface area (Å²) in [6.45, 7) is -2.13. The number of halogens is 4. The highest BCUT2D eigenvalue weighted by Gasteiger charge is 2.24. The molecule has 0 spiro atoms. The minimum absolute atomic E-state index is 0.120. The fraction of sp³-hybridized carbons (Fsp3) is 0.562. The van der Waals surface area contributed by atoms with Gasteiger partial charge in [0.1, 0.15) is 17.8 Å². The van der Waals surface area contributed by atoms with Gasteiger partial charge in [-0.15, -0.1) is 0 Å². The van der Waals surface area contributed by atoms with Crippen LogP contribution in [0.1, 0.15) is 32.4 Å². The summed E-state index contributed by atoms with van der Waals surface area (Å²) in [4.78, 5) is 11.5. The van der Waals surface area contributed by atoms with Crippen molar-refractivity contribution in [3.8, 4) is 11.5 Å². The molecule has 0 bridgehead atoms. The number of hydrogen-bond donors (Lipinski definition) is 3. The number of carbonyl (C=O) groups is 1. The van der Waals surface area contributed by atoms with Crippen LogP contribution in [0.2, 0.25) is 0 Å². The largest absolute Gasteiger partial charge is 0.444 e. The Bertz CT molecular complexity index is 623. The molecule has 0 radical (unpaired) electrons. The van der Waals surface area contributed by atoms with Crippen LogP contribution in [0, 0.1) is 0 Å². The fourth-order valence-corrected chi connectivity index (χ4v) is 1.93. The maximum absolute atomic E-state index is 12.4. The van der Waals surface area contributed by atoms with Gasteiger partial charge in [-0.05, 0) is 38.5 Å². The fourth-order valence-electron chi connectivity index (χ4n) is 1.93. The molecule has 27 heavy (non-hydrogen) atoms. The van der Waals surface area contributed by atoms with E-state index < -0.39 is 55.2 Å². The van der Waals surface area contributed by atoms with Crippen LogP contribution in [0.25, 0.3) is 0 Å². The van der Waals surface area contributed by atoms with Gasteiger partial charge < -0.3 is 29.7 Å². The molecule has 2 atom stereocenters. The molecule has 0 aromatic heterocycles. The zero-order chi connectivity index (χ0) is 20.8. The number of aliphatic hydroxyl groups excluding tert-OH is 2. The van der Waals surface area contributed by atoms with E-state index in [9.17, 15) is 32.6 Å². The Morgan fingerprint density at radius 1 is 1.07 bits per heavy atom. The number of rotatable bonds is 8. The van der Waals surface area contributed by atoms with Crippen molar-refractivity contribution in [3.05, 3.63) is 23.8 Å². The number of benzene rings is 1. The number of alkyl halides is 4. The average Bonchev–Trinajstić information content (AvgIpc) is 2.51. The Morgan fingerprint density at radius 2 is 1.63 bits per heavy atom. The van der Waals surface area contributed by atoms with Gasteiger partial charge >= 0.3 is 19.3 Å². The van der Waals surface area contributed by atoms with Crippen molar-refractivity contribution in [1.29, 1.82) is 0 Å². The van der Waals surface area contributed by atoms with E-state index in [1.54, 1.807) is 20.8 Å². The van der Waals surface area contributed by atoms with Crippen LogP contribution in [0.15, 0.2) is 18.2 Å². The molecule has 3 N–H and O–H groups in total. The molecule has 1 aromatic rings. The molecule has 2 unspecified atom stereocenters. The molecule has 7 nitrogen and oxygen atoms in total. The molecule has 0 fully saturated rings. The van der Waals surface area contributed by atoms with Gasteiger partial charge in [-0.2, -0.15) is 17.6 Å². The van der Waals surface area contributed by atoms with Crippen LogP contribution in [-0.4, -0.2) is 47.8 Å². The third-order valence-corrected chi connectivity index (χ3v) is 2.96. The molecule has 0 aliphatic rings. The number of ether oxygens (including phenoxy) is 3. The molecular weight excluding hydrogens is 378 g/mol. The number of aliphatic hydroxyl groups is 2. The first-order chi connectivity index (χ1) is 12.4. The first-order valence-corrected chi connectivity index (χ1v) is 7.75. The normalized spacial score (nSPS) is 14.0. The molecule has 0 saturated carbocycles. The molecule has 0 saturated heterocycles. The lowest BCUT2D eigenvalue weighted by atomic mass is 10.0. The van der Waals surface area contributed by atoms with Gasteiger partial charge in [0.05, 0.1) is 0 Å². The average molecular weight is 399 g/mol. The van der Waals surface area contributed by atoms with Crippen LogP contribution in [0.4, 0.5) is 22.4 Å². The topological polar surface area (TPSA) is 97.3 Å². The van der Waals surface area contributed by atoms with Crippen molar-refractivity contribution in [2.45, 2.75) is 51.8 Å². The quantitative estimate of drug-likeness (QED) is 0.582. The zero-order valence-electron chi connectivity index (χ0n) is 14.8. The first-order valence-electron chi connectivity index (χ1n) is 7.75. The van der Waals surface area contributed by atoms with E-state index in [1.807, 2.05) is 0 Å². The number of amides is 1. The Labute approximate surface area is 152 Å². The minimum Gasteiger partial charge on any atom is -0.444 e. The molecule has 0 aliphatic heterocycles. The van der Waals surface area contributed by atoms with E-state index >= 15 is 0 Å². The maximum Gasteiger partial charge on any atom is 0.407 e. The van der Waals surface area contributed by atoms with Crippen molar-refractivity contribution >= 4 is 6.09 Å². The summed E-state index contributed by atoms with van der Waals surface area (Å²) in [5.41, 5.74) is -0.888. The first kappa shape index (κ1) is 22.8. The second-order valence-electron chi connectivity index (χ2n) is 6.36. The highest BCUT2D eigenvalue weighted by Crippen LogP contribution is 2.33. The summed E-state index contributed by atoms with van der Waals surface area (Å²) < 4.78 is 62.6. The van der Waals surface area contributed by atoms with E-state index in [1.165, 1.54) is 0 Å². The molecular formula is C16H21F4NO6. The van der Waals surface area contributed by atoms with Crippen molar-refractivity contribution < 1.29 is 46.8 Å². The zero-order valence-corrected chi connectivity index (χ0v) is 14.8. The van der Waals surface area contributed by atoms with Gasteiger partial charge in [0.25, 0.3) is 0 Å². The van der Waals surface area contributed by atoms with Crippen molar-refractivity contribution in [2.75, 3.05) is 6.54 Å². The Balaban J connectivity index is 2.83. The van der Waals surface area contributed by atoms with E-state index in [0.717, 1.165) is 18.2 Å². The van der Waals surface area contributed by atoms with E-state index in [-0.39, 0.29) is 5.56 Å². The molecule has 0 aliphatic carbocycles. The van der Waals surface area contributed by atoms with Gasteiger partial charge in [0, 0.05) is 6.54 Å². The lowest BCUT2D eigenvalue weighted by Gasteiger charge is -2.22. The van der Waals surface area contributed by atoms with Gasteiger partial charge in [-0.3, -0.25) is 0 Å². The number of carbonyl (C=O) groups excluding carboxylic acids is 1. The smallest absolute Gasteiger partial charge is 0.407 e. The Morgan fingerprint density at radius 3 is 2.15 bits per heavy atom. The summed E-state index contributed by atoms with van der Waals surface area (Å²) in [7, 11) is 0. The second-order valence-corrected chi connectivity index (χ2v) is 6.36. The van der Waals surface area contributed by atoms with Crippen LogP contribution >= 0.6 is 0 Å². The second kappa shape index (κ2) is 9.60. The molecule has 1 rings (SSSR count). The summed E-state index contributed by atoms with van der Waals surface area (Å²) in [5, 5.41) is 22.3. The third-order valence-electron chi connectivity index (χ3n) is 2.96. The Kier molecular flexibility index (Phi) is 8.10. The third kappa shape index (κ3) is 8.31. The van der Waals surface area contributed by atoms with Crippen LogP contribution in [-0.2, 0) is 4.74 Å². The highest BCUT2D eigenvalue weighted by atomic mass is 19.3. The lowest BCUT2D eigenvalue weighted by molar-refractivity contribution is -0.0694. The molecule has 11 heteroatoms. The van der Waals surface area contributed by atoms with Crippen LogP contribution in [0.5, 0.6) is 11.5 Å². The van der Waals surface area contributed by atoms with Gasteiger partial charge in [0.2, 0.25) is 0 Å². The van der Waals surface area contributed by atoms with Crippen molar-refractivity contribution in [2.24, 2.45) is 0 Å². The van der Waals surface area contributed by atoms with E-state index in [4.69, 9.17) is 4.74 Å². The number of hydrogen-bond acceptors (Lipinski definition) is 6.